The van der Waals surface area contributed by atoms with Crippen LogP contribution < -0.4 is 0 Å². The van der Waals surface area contributed by atoms with E-state index in [9.17, 15) is 21.0 Å². The van der Waals surface area contributed by atoms with Gasteiger partial charge in [0.2, 0.25) is 0 Å². The fourth-order valence-corrected chi connectivity index (χ4v) is 5.22. The van der Waals surface area contributed by atoms with Crippen molar-refractivity contribution in [2.24, 2.45) is 0 Å². The monoisotopic (exact) mass is 551 g/mol. The van der Waals surface area contributed by atoms with Crippen LogP contribution in [0.3, 0.4) is 0 Å². The van der Waals surface area contributed by atoms with Crippen molar-refractivity contribution < 1.29 is 0 Å². The van der Waals surface area contributed by atoms with Crippen molar-refractivity contribution in [3.63, 3.8) is 0 Å². The molecule has 202 valence electrons. The number of hydrogen-bond donors (Lipinski definition) is 0. The number of aromatic nitrogens is 1. The topological polar surface area (TPSA) is 100 Å². The summed E-state index contributed by atoms with van der Waals surface area (Å²) >= 11 is 0. The molecule has 0 amide bonds. The number of benzene rings is 4. The van der Waals surface area contributed by atoms with Gasteiger partial charge in [0.25, 0.3) is 0 Å². The van der Waals surface area contributed by atoms with Crippen LogP contribution in [0.4, 0.5) is 0 Å². The molecule has 5 heteroatoms. The van der Waals surface area contributed by atoms with Gasteiger partial charge < -0.3 is 4.57 Å². The molecular weight excluding hydrogens is 526 g/mol. The molecule has 1 heterocycles. The standard InChI is InChI=1S/C38H25N5/c1-2-43-37-19-15-27(13-17-33(31(23-39)24-40)29-9-5-3-6-10-29)21-35(37)36-22-28(16-20-38(36)43)14-18-34(32(25-41)26-42)30-11-7-4-8-12-30/h3-22H,2H2,1H3/b17-13+,18-14+. The van der Waals surface area contributed by atoms with Gasteiger partial charge in [-0.2, -0.15) is 21.0 Å². The molecule has 5 rings (SSSR count). The van der Waals surface area contributed by atoms with E-state index in [1.54, 1.807) is 0 Å². The third-order valence-corrected chi connectivity index (χ3v) is 7.27. The number of rotatable bonds is 7. The second kappa shape index (κ2) is 12.8. The smallest absolute Gasteiger partial charge is 0.137 e. The highest BCUT2D eigenvalue weighted by Gasteiger charge is 2.12. The molecule has 0 bridgehead atoms. The normalized spacial score (nSPS) is 10.7. The van der Waals surface area contributed by atoms with E-state index < -0.39 is 0 Å². The number of nitriles is 4. The van der Waals surface area contributed by atoms with E-state index in [1.165, 1.54) is 0 Å². The van der Waals surface area contributed by atoms with Gasteiger partial charge in [0.05, 0.1) is 0 Å². The van der Waals surface area contributed by atoms with E-state index >= 15 is 0 Å². The lowest BCUT2D eigenvalue weighted by Crippen LogP contribution is -1.92. The van der Waals surface area contributed by atoms with Crippen LogP contribution >= 0.6 is 0 Å². The van der Waals surface area contributed by atoms with Crippen molar-refractivity contribution in [1.82, 2.24) is 4.57 Å². The summed E-state index contributed by atoms with van der Waals surface area (Å²) in [6.45, 7) is 2.92. The summed E-state index contributed by atoms with van der Waals surface area (Å²) in [5.41, 5.74) is 6.95. The Kier molecular flexibility index (Phi) is 8.41. The van der Waals surface area contributed by atoms with E-state index in [-0.39, 0.29) is 11.1 Å². The Morgan fingerprint density at radius 1 is 0.581 bits per heavy atom. The molecule has 5 nitrogen and oxygen atoms in total. The Hall–Kier alpha value is -6.40. The third kappa shape index (κ3) is 5.75. The molecule has 0 aliphatic carbocycles. The first kappa shape index (κ1) is 28.1. The molecule has 0 saturated carbocycles. The summed E-state index contributed by atoms with van der Waals surface area (Å²) in [7, 11) is 0. The molecule has 1 aromatic heterocycles. The SMILES string of the molecule is CCn1c2ccc(/C=C/C(=C(C#N)C#N)c3ccccc3)cc2c2cc(/C=C/C(=C(C#N)C#N)c3ccccc3)ccc21. The van der Waals surface area contributed by atoms with Gasteiger partial charge in [0.15, 0.2) is 0 Å². The van der Waals surface area contributed by atoms with Crippen LogP contribution in [0.2, 0.25) is 0 Å². The highest BCUT2D eigenvalue weighted by atomic mass is 15.0. The number of allylic oxidation sites excluding steroid dienone is 6. The van der Waals surface area contributed by atoms with E-state index in [2.05, 4.69) is 35.8 Å². The van der Waals surface area contributed by atoms with Crippen molar-refractivity contribution in [1.29, 1.82) is 21.0 Å². The molecular formula is C38H25N5. The molecule has 4 aromatic carbocycles. The number of aryl methyl sites for hydroxylation is 1. The van der Waals surface area contributed by atoms with Crippen LogP contribution in [-0.4, -0.2) is 4.57 Å². The summed E-state index contributed by atoms with van der Waals surface area (Å²) in [6.07, 6.45) is 7.50. The molecule has 0 radical (unpaired) electrons. The van der Waals surface area contributed by atoms with Gasteiger partial charge in [0.1, 0.15) is 35.4 Å². The van der Waals surface area contributed by atoms with E-state index in [0.717, 1.165) is 50.6 Å². The Morgan fingerprint density at radius 2 is 0.977 bits per heavy atom. The number of nitrogens with zero attached hydrogens (tertiary/aromatic N) is 5. The van der Waals surface area contributed by atoms with E-state index in [0.29, 0.717) is 11.1 Å². The second-order valence-corrected chi connectivity index (χ2v) is 9.72. The van der Waals surface area contributed by atoms with Crippen molar-refractivity contribution in [2.45, 2.75) is 13.5 Å². The summed E-state index contributed by atoms with van der Waals surface area (Å²) in [5, 5.41) is 40.4. The first-order valence-electron chi connectivity index (χ1n) is 13.7. The Morgan fingerprint density at radius 3 is 1.33 bits per heavy atom. The lowest BCUT2D eigenvalue weighted by atomic mass is 9.99. The summed E-state index contributed by atoms with van der Waals surface area (Å²) in [4.78, 5) is 0. The van der Waals surface area contributed by atoms with Crippen molar-refractivity contribution >= 4 is 45.1 Å². The minimum absolute atomic E-state index is 0.0578. The predicted molar refractivity (Wildman–Crippen MR) is 172 cm³/mol. The third-order valence-electron chi connectivity index (χ3n) is 7.27. The predicted octanol–water partition coefficient (Wildman–Crippen LogP) is 8.84. The van der Waals surface area contributed by atoms with Gasteiger partial charge in [-0.15, -0.1) is 0 Å². The minimum Gasteiger partial charge on any atom is -0.341 e. The average molecular weight is 552 g/mol. The fraction of sp³-hybridized carbons (Fsp3) is 0.0526. The van der Waals surface area contributed by atoms with Gasteiger partial charge in [0, 0.05) is 39.5 Å². The molecule has 0 aliphatic heterocycles. The largest absolute Gasteiger partial charge is 0.341 e. The number of fused-ring (bicyclic) bond motifs is 3. The fourth-order valence-electron chi connectivity index (χ4n) is 5.22. The van der Waals surface area contributed by atoms with Crippen LogP contribution in [0.5, 0.6) is 0 Å². The molecule has 0 aliphatic rings. The molecule has 0 fully saturated rings. The Balaban J connectivity index is 1.60. The van der Waals surface area contributed by atoms with Crippen molar-refractivity contribution in [3.8, 4) is 24.3 Å². The lowest BCUT2D eigenvalue weighted by Gasteiger charge is -2.04. The van der Waals surface area contributed by atoms with Crippen LogP contribution in [0.25, 0.3) is 45.1 Å². The number of hydrogen-bond acceptors (Lipinski definition) is 4. The van der Waals surface area contributed by atoms with Crippen LogP contribution in [0.15, 0.2) is 120 Å². The van der Waals surface area contributed by atoms with Crippen LogP contribution in [0.1, 0.15) is 29.2 Å². The molecule has 43 heavy (non-hydrogen) atoms. The molecule has 0 atom stereocenters. The zero-order valence-corrected chi connectivity index (χ0v) is 23.5. The van der Waals surface area contributed by atoms with Gasteiger partial charge >= 0.3 is 0 Å². The van der Waals surface area contributed by atoms with Crippen molar-refractivity contribution in [3.05, 3.63) is 143 Å². The van der Waals surface area contributed by atoms with Gasteiger partial charge in [-0.05, 0) is 53.4 Å². The van der Waals surface area contributed by atoms with Gasteiger partial charge in [-0.1, -0.05) is 97.1 Å². The summed E-state index contributed by atoms with van der Waals surface area (Å²) < 4.78 is 2.27. The van der Waals surface area contributed by atoms with Gasteiger partial charge in [-0.25, -0.2) is 0 Å². The first-order valence-corrected chi connectivity index (χ1v) is 13.7. The maximum atomic E-state index is 9.56. The highest BCUT2D eigenvalue weighted by Crippen LogP contribution is 2.32. The lowest BCUT2D eigenvalue weighted by molar-refractivity contribution is 0.827. The molecule has 5 aromatic rings. The van der Waals surface area contributed by atoms with Crippen LogP contribution in [0, 0.1) is 45.3 Å². The van der Waals surface area contributed by atoms with E-state index in [1.807, 2.05) is 121 Å². The summed E-state index contributed by atoms with van der Waals surface area (Å²) in [5.74, 6) is 0. The van der Waals surface area contributed by atoms with E-state index in [4.69, 9.17) is 0 Å². The summed E-state index contributed by atoms with van der Waals surface area (Å²) in [6, 6.07) is 39.4. The maximum Gasteiger partial charge on any atom is 0.137 e. The first-order chi connectivity index (χ1) is 21.1. The Labute approximate surface area is 250 Å². The zero-order chi connectivity index (χ0) is 30.2. The minimum atomic E-state index is 0.0578. The molecule has 0 spiro atoms. The molecule has 0 saturated heterocycles. The highest BCUT2D eigenvalue weighted by molar-refractivity contribution is 6.09. The zero-order valence-electron chi connectivity index (χ0n) is 23.5. The molecule has 0 unspecified atom stereocenters. The van der Waals surface area contributed by atoms with Crippen molar-refractivity contribution in [2.75, 3.05) is 0 Å². The second-order valence-electron chi connectivity index (χ2n) is 9.72. The maximum absolute atomic E-state index is 9.56. The van der Waals surface area contributed by atoms with Gasteiger partial charge in [-0.3, -0.25) is 0 Å². The average Bonchev–Trinajstić information content (AvgIpc) is 3.38. The quantitative estimate of drug-likeness (QED) is 0.149. The van der Waals surface area contributed by atoms with Crippen LogP contribution in [-0.2, 0) is 6.54 Å². The molecule has 0 N–H and O–H groups in total. The Bertz CT molecular complexity index is 1950.